The number of thiophene rings is 1. The molecule has 1 rings (SSSR count). The van der Waals surface area contributed by atoms with Gasteiger partial charge in [-0.1, -0.05) is 13.3 Å². The fraction of sp³-hybridized carbons (Fsp3) is 0.583. The molecule has 1 heterocycles. The van der Waals surface area contributed by atoms with Crippen molar-refractivity contribution >= 4 is 17.2 Å². The van der Waals surface area contributed by atoms with E-state index in [0.29, 0.717) is 25.4 Å². The van der Waals surface area contributed by atoms with Gasteiger partial charge in [0.05, 0.1) is 0 Å². The first-order valence-corrected chi connectivity index (χ1v) is 6.56. The van der Waals surface area contributed by atoms with Crippen molar-refractivity contribution in [2.75, 3.05) is 13.6 Å². The van der Waals surface area contributed by atoms with Crippen molar-refractivity contribution in [3.05, 3.63) is 22.4 Å². The fourth-order valence-corrected chi connectivity index (χ4v) is 2.20. The minimum Gasteiger partial charge on any atom is -0.341 e. The average molecular weight is 240 g/mol. The summed E-state index contributed by atoms with van der Waals surface area (Å²) in [4.78, 5) is 13.6. The second kappa shape index (κ2) is 6.66. The van der Waals surface area contributed by atoms with Crippen LogP contribution in [-0.2, 0) is 11.3 Å². The maximum Gasteiger partial charge on any atom is 0.222 e. The predicted octanol–water partition coefficient (Wildman–Crippen LogP) is 2.08. The number of carbonyl (C=O) groups excluding carboxylic acids is 1. The highest BCUT2D eigenvalue weighted by Crippen LogP contribution is 2.12. The number of nitrogens with two attached hydrogens (primary N) is 1. The number of hydrogen-bond acceptors (Lipinski definition) is 3. The zero-order valence-electron chi connectivity index (χ0n) is 9.98. The van der Waals surface area contributed by atoms with Crippen LogP contribution in [-0.4, -0.2) is 24.4 Å². The van der Waals surface area contributed by atoms with Gasteiger partial charge in [0.1, 0.15) is 0 Å². The Bertz CT molecular complexity index is 307. The molecule has 0 aliphatic rings. The lowest BCUT2D eigenvalue weighted by Crippen LogP contribution is -2.29. The van der Waals surface area contributed by atoms with Crippen molar-refractivity contribution in [3.8, 4) is 0 Å². The number of rotatable bonds is 6. The van der Waals surface area contributed by atoms with Crippen molar-refractivity contribution in [1.29, 1.82) is 0 Å². The van der Waals surface area contributed by atoms with Crippen molar-refractivity contribution in [3.63, 3.8) is 0 Å². The summed E-state index contributed by atoms with van der Waals surface area (Å²) < 4.78 is 0. The van der Waals surface area contributed by atoms with Crippen LogP contribution in [0.4, 0.5) is 0 Å². The summed E-state index contributed by atoms with van der Waals surface area (Å²) >= 11 is 1.66. The standard InChI is InChI=1S/C12H20N2OS/c1-3-10(7-13)6-12(15)14(2)8-11-4-5-16-9-11/h4-5,9-10H,3,6-8,13H2,1-2H3. The van der Waals surface area contributed by atoms with E-state index in [9.17, 15) is 4.79 Å². The zero-order valence-corrected chi connectivity index (χ0v) is 10.8. The van der Waals surface area contributed by atoms with Gasteiger partial charge in [0.25, 0.3) is 0 Å². The Morgan fingerprint density at radius 2 is 2.38 bits per heavy atom. The van der Waals surface area contributed by atoms with Gasteiger partial charge in [0.15, 0.2) is 0 Å². The molecular formula is C12H20N2OS. The summed E-state index contributed by atoms with van der Waals surface area (Å²) in [6.07, 6.45) is 1.53. The van der Waals surface area contributed by atoms with Crippen molar-refractivity contribution in [2.24, 2.45) is 11.7 Å². The van der Waals surface area contributed by atoms with Crippen molar-refractivity contribution in [2.45, 2.75) is 26.3 Å². The normalized spacial score (nSPS) is 12.4. The topological polar surface area (TPSA) is 46.3 Å². The van der Waals surface area contributed by atoms with E-state index in [1.807, 2.05) is 12.4 Å². The van der Waals surface area contributed by atoms with Crippen LogP contribution in [0.3, 0.4) is 0 Å². The van der Waals surface area contributed by atoms with Crippen LogP contribution >= 0.6 is 11.3 Å². The maximum absolute atomic E-state index is 11.9. The maximum atomic E-state index is 11.9. The van der Waals surface area contributed by atoms with Gasteiger partial charge in [-0.2, -0.15) is 11.3 Å². The van der Waals surface area contributed by atoms with Crippen molar-refractivity contribution in [1.82, 2.24) is 4.90 Å². The van der Waals surface area contributed by atoms with Gasteiger partial charge in [-0.15, -0.1) is 0 Å². The summed E-state index contributed by atoms with van der Waals surface area (Å²) in [7, 11) is 1.85. The Hall–Kier alpha value is -0.870. The molecule has 1 amide bonds. The van der Waals surface area contributed by atoms with Gasteiger partial charge in [-0.25, -0.2) is 0 Å². The SMILES string of the molecule is CCC(CN)CC(=O)N(C)Cc1ccsc1. The summed E-state index contributed by atoms with van der Waals surface area (Å²) in [6, 6.07) is 2.05. The zero-order chi connectivity index (χ0) is 12.0. The summed E-state index contributed by atoms with van der Waals surface area (Å²) in [5.74, 6) is 0.501. The minimum atomic E-state index is 0.184. The van der Waals surface area contributed by atoms with Gasteiger partial charge >= 0.3 is 0 Å². The van der Waals surface area contributed by atoms with Crippen LogP contribution in [0.25, 0.3) is 0 Å². The molecule has 1 atom stereocenters. The molecule has 0 saturated heterocycles. The Balaban J connectivity index is 2.41. The summed E-state index contributed by atoms with van der Waals surface area (Å²) in [5, 5.41) is 4.10. The van der Waals surface area contributed by atoms with E-state index in [4.69, 9.17) is 5.73 Å². The second-order valence-corrected chi connectivity index (χ2v) is 4.88. The molecule has 90 valence electrons. The Kier molecular flexibility index (Phi) is 5.49. The molecule has 0 saturated carbocycles. The van der Waals surface area contributed by atoms with Crippen LogP contribution in [0.2, 0.25) is 0 Å². The number of carbonyl (C=O) groups is 1. The molecule has 1 unspecified atom stereocenters. The fourth-order valence-electron chi connectivity index (χ4n) is 1.54. The van der Waals surface area contributed by atoms with Crippen LogP contribution in [0.15, 0.2) is 16.8 Å². The highest BCUT2D eigenvalue weighted by Gasteiger charge is 2.14. The Morgan fingerprint density at radius 1 is 1.62 bits per heavy atom. The molecule has 1 aromatic rings. The van der Waals surface area contributed by atoms with E-state index < -0.39 is 0 Å². The third-order valence-corrected chi connectivity index (χ3v) is 3.53. The first kappa shape index (κ1) is 13.2. The molecule has 0 aliphatic carbocycles. The minimum absolute atomic E-state index is 0.184. The van der Waals surface area contributed by atoms with E-state index in [1.54, 1.807) is 16.2 Å². The highest BCUT2D eigenvalue weighted by atomic mass is 32.1. The summed E-state index contributed by atoms with van der Waals surface area (Å²) in [6.45, 7) is 3.36. The van der Waals surface area contributed by atoms with E-state index in [0.717, 1.165) is 6.42 Å². The smallest absolute Gasteiger partial charge is 0.222 e. The molecule has 1 aromatic heterocycles. The first-order valence-electron chi connectivity index (χ1n) is 5.62. The number of hydrogen-bond donors (Lipinski definition) is 1. The molecule has 0 fully saturated rings. The average Bonchev–Trinajstić information content (AvgIpc) is 2.78. The van der Waals surface area contributed by atoms with Gasteiger partial charge in [0.2, 0.25) is 5.91 Å². The predicted molar refractivity (Wildman–Crippen MR) is 68.2 cm³/mol. The highest BCUT2D eigenvalue weighted by molar-refractivity contribution is 7.07. The molecular weight excluding hydrogens is 220 g/mol. The monoisotopic (exact) mass is 240 g/mol. The van der Waals surface area contributed by atoms with Gasteiger partial charge in [-0.3, -0.25) is 4.79 Å². The summed E-state index contributed by atoms with van der Waals surface area (Å²) in [5.41, 5.74) is 6.79. The van der Waals surface area contributed by atoms with Crippen LogP contribution < -0.4 is 5.73 Å². The lowest BCUT2D eigenvalue weighted by atomic mass is 10.0. The number of amides is 1. The molecule has 0 spiro atoms. The van der Waals surface area contributed by atoms with E-state index in [2.05, 4.69) is 18.4 Å². The molecule has 3 nitrogen and oxygen atoms in total. The van der Waals surface area contributed by atoms with E-state index >= 15 is 0 Å². The Morgan fingerprint density at radius 3 is 2.88 bits per heavy atom. The molecule has 2 N–H and O–H groups in total. The second-order valence-electron chi connectivity index (χ2n) is 4.10. The number of nitrogens with zero attached hydrogens (tertiary/aromatic N) is 1. The Labute approximate surface area is 101 Å². The quantitative estimate of drug-likeness (QED) is 0.827. The third-order valence-electron chi connectivity index (χ3n) is 2.80. The van der Waals surface area contributed by atoms with E-state index in [-0.39, 0.29) is 5.91 Å². The van der Waals surface area contributed by atoms with Gasteiger partial charge < -0.3 is 10.6 Å². The molecule has 0 radical (unpaired) electrons. The largest absolute Gasteiger partial charge is 0.341 e. The van der Waals surface area contributed by atoms with Crippen LogP contribution in [0.1, 0.15) is 25.3 Å². The van der Waals surface area contributed by atoms with Gasteiger partial charge in [-0.05, 0) is 34.9 Å². The van der Waals surface area contributed by atoms with Crippen LogP contribution in [0.5, 0.6) is 0 Å². The van der Waals surface area contributed by atoms with Gasteiger partial charge in [0, 0.05) is 20.0 Å². The molecule has 0 bridgehead atoms. The first-order chi connectivity index (χ1) is 7.67. The van der Waals surface area contributed by atoms with Crippen molar-refractivity contribution < 1.29 is 4.79 Å². The molecule has 16 heavy (non-hydrogen) atoms. The van der Waals surface area contributed by atoms with Crippen LogP contribution in [0, 0.1) is 5.92 Å². The van der Waals surface area contributed by atoms with E-state index in [1.165, 1.54) is 5.56 Å². The lowest BCUT2D eigenvalue weighted by Gasteiger charge is -2.19. The molecule has 4 heteroatoms. The lowest BCUT2D eigenvalue weighted by molar-refractivity contribution is -0.131. The molecule has 0 aliphatic heterocycles. The molecule has 0 aromatic carbocycles. The third kappa shape index (κ3) is 3.94.